The topological polar surface area (TPSA) is 144 Å². The number of hydrogen-bond acceptors (Lipinski definition) is 8. The van der Waals surface area contributed by atoms with Crippen molar-refractivity contribution in [2.24, 2.45) is 7.05 Å². The molecule has 0 unspecified atom stereocenters. The van der Waals surface area contributed by atoms with Gasteiger partial charge >= 0.3 is 0 Å². The lowest BCUT2D eigenvalue weighted by Gasteiger charge is -2.13. The van der Waals surface area contributed by atoms with Gasteiger partial charge < -0.3 is 19.6 Å². The fourth-order valence-electron chi connectivity index (χ4n) is 3.32. The van der Waals surface area contributed by atoms with Crippen LogP contribution in [-0.4, -0.2) is 35.6 Å². The lowest BCUT2D eigenvalue weighted by atomic mass is 10.1. The van der Waals surface area contributed by atoms with Crippen molar-refractivity contribution in [3.05, 3.63) is 65.2 Å². The molecule has 1 amide bonds. The zero-order valence-corrected chi connectivity index (χ0v) is 17.7. The highest BCUT2D eigenvalue weighted by atomic mass is 16.4. The SMILES string of the molecule is CC(=O)Nc1ccc(-c2nnc(-c3ccccc3)o2)cc1Nc1nc2c(ncn2C)c(=O)[nH]1. The van der Waals surface area contributed by atoms with Crippen LogP contribution in [0.3, 0.4) is 0 Å². The molecule has 3 heterocycles. The molecule has 0 spiro atoms. The number of anilines is 3. The third-order valence-corrected chi connectivity index (χ3v) is 4.85. The maximum Gasteiger partial charge on any atom is 0.280 e. The number of amides is 1. The van der Waals surface area contributed by atoms with E-state index in [0.29, 0.717) is 34.4 Å². The van der Waals surface area contributed by atoms with Crippen LogP contribution < -0.4 is 16.2 Å². The van der Waals surface area contributed by atoms with E-state index in [1.807, 2.05) is 30.3 Å². The van der Waals surface area contributed by atoms with E-state index in [0.717, 1.165) is 5.56 Å². The van der Waals surface area contributed by atoms with Crippen molar-refractivity contribution < 1.29 is 9.21 Å². The van der Waals surface area contributed by atoms with Crippen LogP contribution in [0.5, 0.6) is 0 Å². The highest BCUT2D eigenvalue weighted by Crippen LogP contribution is 2.31. The number of nitrogens with one attached hydrogen (secondary N) is 3. The molecule has 0 fully saturated rings. The number of H-pyrrole nitrogens is 1. The average molecular weight is 442 g/mol. The van der Waals surface area contributed by atoms with Gasteiger partial charge in [0.2, 0.25) is 23.6 Å². The monoisotopic (exact) mass is 442 g/mol. The summed E-state index contributed by atoms with van der Waals surface area (Å²) in [6.07, 6.45) is 1.51. The van der Waals surface area contributed by atoms with Gasteiger partial charge in [-0.25, -0.2) is 4.98 Å². The van der Waals surface area contributed by atoms with Gasteiger partial charge in [0.1, 0.15) is 0 Å². The maximum absolute atomic E-state index is 12.4. The van der Waals surface area contributed by atoms with Gasteiger partial charge in [0, 0.05) is 25.1 Å². The van der Waals surface area contributed by atoms with Gasteiger partial charge in [0.15, 0.2) is 11.2 Å². The van der Waals surface area contributed by atoms with Gasteiger partial charge in [-0.1, -0.05) is 18.2 Å². The summed E-state index contributed by atoms with van der Waals surface area (Å²) in [6, 6.07) is 14.6. The second-order valence-electron chi connectivity index (χ2n) is 7.29. The van der Waals surface area contributed by atoms with Gasteiger partial charge in [-0.2, -0.15) is 4.98 Å². The number of hydrogen-bond donors (Lipinski definition) is 3. The predicted octanol–water partition coefficient (Wildman–Crippen LogP) is 3.08. The van der Waals surface area contributed by atoms with E-state index in [4.69, 9.17) is 4.42 Å². The number of carbonyl (C=O) groups excluding carboxylic acids is 1. The molecule has 0 saturated heterocycles. The second kappa shape index (κ2) is 8.04. The molecule has 164 valence electrons. The van der Waals surface area contributed by atoms with Crippen LogP contribution >= 0.6 is 0 Å². The lowest BCUT2D eigenvalue weighted by molar-refractivity contribution is -0.114. The van der Waals surface area contributed by atoms with Gasteiger partial charge in [-0.15, -0.1) is 10.2 Å². The van der Waals surface area contributed by atoms with E-state index < -0.39 is 0 Å². The Hall–Kier alpha value is -4.80. The van der Waals surface area contributed by atoms with E-state index in [1.54, 1.807) is 29.8 Å². The number of carbonyl (C=O) groups is 1. The van der Waals surface area contributed by atoms with Crippen molar-refractivity contribution in [2.45, 2.75) is 6.92 Å². The van der Waals surface area contributed by atoms with Crippen LogP contribution in [0, 0.1) is 0 Å². The fraction of sp³-hybridized carbons (Fsp3) is 0.0909. The minimum absolute atomic E-state index is 0.190. The number of aromatic nitrogens is 6. The summed E-state index contributed by atoms with van der Waals surface area (Å²) in [5.74, 6) is 0.627. The number of imidazole rings is 1. The molecule has 0 bridgehead atoms. The van der Waals surface area contributed by atoms with Crippen molar-refractivity contribution in [3.8, 4) is 22.9 Å². The predicted molar refractivity (Wildman–Crippen MR) is 122 cm³/mol. The summed E-state index contributed by atoms with van der Waals surface area (Å²) < 4.78 is 7.48. The van der Waals surface area contributed by atoms with Crippen LogP contribution in [0.25, 0.3) is 34.1 Å². The Kier molecular flexibility index (Phi) is 4.90. The van der Waals surface area contributed by atoms with E-state index >= 15 is 0 Å². The summed E-state index contributed by atoms with van der Waals surface area (Å²) in [5.41, 5.74) is 2.65. The number of nitrogens with zero attached hydrogens (tertiary/aromatic N) is 5. The first-order valence-corrected chi connectivity index (χ1v) is 9.97. The molecular weight excluding hydrogens is 424 g/mol. The lowest BCUT2D eigenvalue weighted by Crippen LogP contribution is -2.13. The third-order valence-electron chi connectivity index (χ3n) is 4.85. The summed E-state index contributed by atoms with van der Waals surface area (Å²) in [6.45, 7) is 1.41. The quantitative estimate of drug-likeness (QED) is 0.377. The molecule has 0 aliphatic rings. The molecule has 0 saturated carbocycles. The third kappa shape index (κ3) is 3.94. The summed E-state index contributed by atoms with van der Waals surface area (Å²) in [5, 5.41) is 14.1. The highest BCUT2D eigenvalue weighted by molar-refractivity contribution is 5.94. The Morgan fingerprint density at radius 3 is 2.55 bits per heavy atom. The fourth-order valence-corrected chi connectivity index (χ4v) is 3.32. The Morgan fingerprint density at radius 1 is 1.03 bits per heavy atom. The van der Waals surface area contributed by atoms with Crippen molar-refractivity contribution in [1.82, 2.24) is 29.7 Å². The first-order chi connectivity index (χ1) is 16.0. The largest absolute Gasteiger partial charge is 0.416 e. The molecule has 2 aromatic carbocycles. The smallest absolute Gasteiger partial charge is 0.280 e. The van der Waals surface area contributed by atoms with Crippen molar-refractivity contribution in [2.75, 3.05) is 10.6 Å². The molecule has 0 atom stereocenters. The average Bonchev–Trinajstić information content (AvgIpc) is 3.43. The first kappa shape index (κ1) is 20.1. The van der Waals surface area contributed by atoms with Crippen molar-refractivity contribution >= 4 is 34.4 Å². The summed E-state index contributed by atoms with van der Waals surface area (Å²) in [7, 11) is 1.74. The minimum Gasteiger partial charge on any atom is -0.416 e. The summed E-state index contributed by atoms with van der Waals surface area (Å²) >= 11 is 0. The second-order valence-corrected chi connectivity index (χ2v) is 7.29. The van der Waals surface area contributed by atoms with Crippen LogP contribution in [0.1, 0.15) is 6.92 Å². The molecule has 3 aromatic heterocycles. The van der Waals surface area contributed by atoms with Gasteiger partial charge in [-0.05, 0) is 30.3 Å². The Bertz CT molecular complexity index is 1530. The van der Waals surface area contributed by atoms with Gasteiger partial charge in [0.25, 0.3) is 5.56 Å². The van der Waals surface area contributed by atoms with Crippen molar-refractivity contribution in [3.63, 3.8) is 0 Å². The Morgan fingerprint density at radius 2 is 1.79 bits per heavy atom. The number of benzene rings is 2. The Labute approximate surface area is 186 Å². The van der Waals surface area contributed by atoms with Crippen LogP contribution in [-0.2, 0) is 11.8 Å². The van der Waals surface area contributed by atoms with Gasteiger partial charge in [0.05, 0.1) is 17.7 Å². The molecular formula is C22H18N8O3. The Balaban J connectivity index is 1.54. The summed E-state index contributed by atoms with van der Waals surface area (Å²) in [4.78, 5) is 35.2. The normalized spacial score (nSPS) is 11.0. The van der Waals surface area contributed by atoms with E-state index in [-0.39, 0.29) is 22.9 Å². The first-order valence-electron chi connectivity index (χ1n) is 9.97. The zero-order chi connectivity index (χ0) is 22.9. The van der Waals surface area contributed by atoms with Crippen molar-refractivity contribution in [1.29, 1.82) is 0 Å². The molecule has 3 N–H and O–H groups in total. The van der Waals surface area contributed by atoms with Gasteiger partial charge in [-0.3, -0.25) is 14.6 Å². The van der Waals surface area contributed by atoms with Crippen LogP contribution in [0.15, 0.2) is 64.1 Å². The molecule has 0 aliphatic heterocycles. The molecule has 0 aliphatic carbocycles. The number of aromatic amines is 1. The van der Waals surface area contributed by atoms with E-state index in [1.165, 1.54) is 13.3 Å². The van der Waals surface area contributed by atoms with Crippen LogP contribution in [0.4, 0.5) is 17.3 Å². The van der Waals surface area contributed by atoms with Crippen LogP contribution in [0.2, 0.25) is 0 Å². The van der Waals surface area contributed by atoms with E-state index in [9.17, 15) is 9.59 Å². The van der Waals surface area contributed by atoms with E-state index in [2.05, 4.69) is 35.8 Å². The molecule has 5 aromatic rings. The number of fused-ring (bicyclic) bond motifs is 1. The zero-order valence-electron chi connectivity index (χ0n) is 17.7. The molecule has 33 heavy (non-hydrogen) atoms. The molecule has 0 radical (unpaired) electrons. The number of rotatable bonds is 5. The number of aryl methyl sites for hydroxylation is 1. The standard InChI is InChI=1S/C22H18N8O3/c1-12(31)24-15-9-8-14(21-29-28-20(33-21)13-6-4-3-5-7-13)10-16(15)25-22-26-18-17(19(32)27-22)23-11-30(18)2/h3-11H,1-2H3,(H,24,31)(H2,25,26,27,32). The molecule has 5 rings (SSSR count). The molecule has 11 nitrogen and oxygen atoms in total. The minimum atomic E-state index is -0.385. The molecule has 11 heteroatoms. The highest BCUT2D eigenvalue weighted by Gasteiger charge is 2.15. The maximum atomic E-state index is 12.4.